The highest BCUT2D eigenvalue weighted by atomic mass is 19.1. The zero-order valence-corrected chi connectivity index (χ0v) is 10.0. The molecule has 1 aromatic rings. The quantitative estimate of drug-likeness (QED) is 0.873. The van der Waals surface area contributed by atoms with E-state index >= 15 is 0 Å². The highest BCUT2D eigenvalue weighted by Gasteiger charge is 2.18. The fourth-order valence-corrected chi connectivity index (χ4v) is 2.21. The van der Waals surface area contributed by atoms with E-state index in [9.17, 15) is 9.50 Å². The van der Waals surface area contributed by atoms with Crippen LogP contribution in [-0.4, -0.2) is 36.3 Å². The number of ether oxygens (including phenoxy) is 1. The van der Waals surface area contributed by atoms with Gasteiger partial charge in [-0.05, 0) is 37.6 Å². The smallest absolute Gasteiger partial charge is 0.127 e. The Kier molecular flexibility index (Phi) is 3.97. The lowest BCUT2D eigenvalue weighted by Crippen LogP contribution is -2.37. The van der Waals surface area contributed by atoms with Gasteiger partial charge in [0, 0.05) is 18.7 Å². The normalized spacial score (nSPS) is 21.5. The molecular weight excluding hydrogens is 221 g/mol. The Morgan fingerprint density at radius 2 is 2.35 bits per heavy atom. The first-order chi connectivity index (χ1) is 8.19. The Labute approximate surface area is 101 Å². The number of hydrogen-bond acceptors (Lipinski definition) is 3. The topological polar surface area (TPSA) is 32.7 Å². The van der Waals surface area contributed by atoms with Crippen LogP contribution in [0.2, 0.25) is 0 Å². The molecule has 0 spiro atoms. The molecule has 1 unspecified atom stereocenters. The van der Waals surface area contributed by atoms with Gasteiger partial charge in [-0.2, -0.15) is 0 Å². The molecule has 1 aromatic carbocycles. The molecule has 1 atom stereocenters. The van der Waals surface area contributed by atoms with Crippen molar-refractivity contribution in [3.05, 3.63) is 29.6 Å². The molecular formula is C13H18FNO2. The van der Waals surface area contributed by atoms with Crippen molar-refractivity contribution in [1.82, 2.24) is 4.90 Å². The van der Waals surface area contributed by atoms with Crippen molar-refractivity contribution in [2.24, 2.45) is 0 Å². The highest BCUT2D eigenvalue weighted by molar-refractivity contribution is 5.29. The van der Waals surface area contributed by atoms with Crippen LogP contribution >= 0.6 is 0 Å². The minimum Gasteiger partial charge on any atom is -0.497 e. The molecule has 2 rings (SSSR count). The van der Waals surface area contributed by atoms with E-state index in [-0.39, 0.29) is 11.9 Å². The SMILES string of the molecule is COc1ccc(F)c(CN2CCCC(O)C2)c1. The van der Waals surface area contributed by atoms with Gasteiger partial charge in [-0.1, -0.05) is 0 Å². The summed E-state index contributed by atoms with van der Waals surface area (Å²) in [7, 11) is 1.57. The average Bonchev–Trinajstić information content (AvgIpc) is 2.32. The number of rotatable bonds is 3. The van der Waals surface area contributed by atoms with E-state index in [0.29, 0.717) is 24.4 Å². The second-order valence-electron chi connectivity index (χ2n) is 4.49. The van der Waals surface area contributed by atoms with Crippen molar-refractivity contribution in [2.45, 2.75) is 25.5 Å². The zero-order chi connectivity index (χ0) is 12.3. The van der Waals surface area contributed by atoms with E-state index in [0.717, 1.165) is 19.4 Å². The molecule has 1 N–H and O–H groups in total. The highest BCUT2D eigenvalue weighted by Crippen LogP contribution is 2.20. The lowest BCUT2D eigenvalue weighted by Gasteiger charge is -2.30. The largest absolute Gasteiger partial charge is 0.497 e. The van der Waals surface area contributed by atoms with Gasteiger partial charge in [-0.15, -0.1) is 0 Å². The molecule has 0 aliphatic carbocycles. The number of benzene rings is 1. The van der Waals surface area contributed by atoms with Crippen LogP contribution in [0.25, 0.3) is 0 Å². The third-order valence-corrected chi connectivity index (χ3v) is 3.13. The van der Waals surface area contributed by atoms with Gasteiger partial charge in [0.05, 0.1) is 13.2 Å². The predicted molar refractivity (Wildman–Crippen MR) is 63.5 cm³/mol. The third kappa shape index (κ3) is 3.17. The monoisotopic (exact) mass is 239 g/mol. The summed E-state index contributed by atoms with van der Waals surface area (Å²) in [5, 5.41) is 9.57. The second-order valence-corrected chi connectivity index (χ2v) is 4.49. The first kappa shape index (κ1) is 12.3. The number of hydrogen-bond donors (Lipinski definition) is 1. The molecule has 94 valence electrons. The number of likely N-dealkylation sites (tertiary alicyclic amines) is 1. The van der Waals surface area contributed by atoms with Crippen molar-refractivity contribution < 1.29 is 14.2 Å². The molecule has 1 aliphatic rings. The van der Waals surface area contributed by atoms with Gasteiger partial charge in [-0.3, -0.25) is 4.90 Å². The van der Waals surface area contributed by atoms with Gasteiger partial charge >= 0.3 is 0 Å². The Bertz CT molecular complexity index is 384. The van der Waals surface area contributed by atoms with E-state index < -0.39 is 0 Å². The number of aliphatic hydroxyl groups is 1. The standard InChI is InChI=1S/C13H18FNO2/c1-17-12-4-5-13(14)10(7-12)8-15-6-2-3-11(16)9-15/h4-5,7,11,16H,2-3,6,8-9H2,1H3. The van der Waals surface area contributed by atoms with Crippen LogP contribution in [0.5, 0.6) is 5.75 Å². The maximum Gasteiger partial charge on any atom is 0.127 e. The van der Waals surface area contributed by atoms with Crippen molar-refractivity contribution in [3.63, 3.8) is 0 Å². The van der Waals surface area contributed by atoms with Crippen LogP contribution in [-0.2, 0) is 6.54 Å². The minimum atomic E-state index is -0.280. The fraction of sp³-hybridized carbons (Fsp3) is 0.538. The molecule has 1 saturated heterocycles. The van der Waals surface area contributed by atoms with Gasteiger partial charge < -0.3 is 9.84 Å². The van der Waals surface area contributed by atoms with E-state index in [1.165, 1.54) is 6.07 Å². The maximum absolute atomic E-state index is 13.6. The first-order valence-electron chi connectivity index (χ1n) is 5.92. The maximum atomic E-state index is 13.6. The van der Waals surface area contributed by atoms with Gasteiger partial charge in [-0.25, -0.2) is 4.39 Å². The van der Waals surface area contributed by atoms with Gasteiger partial charge in [0.1, 0.15) is 11.6 Å². The van der Waals surface area contributed by atoms with Gasteiger partial charge in [0.2, 0.25) is 0 Å². The third-order valence-electron chi connectivity index (χ3n) is 3.13. The molecule has 0 radical (unpaired) electrons. The lowest BCUT2D eigenvalue weighted by molar-refractivity contribution is 0.0662. The number of β-amino-alcohol motifs (C(OH)–C–C–N with tert-alkyl or cyclic N) is 1. The Morgan fingerprint density at radius 3 is 3.06 bits per heavy atom. The van der Waals surface area contributed by atoms with Crippen molar-refractivity contribution in [3.8, 4) is 5.75 Å². The second kappa shape index (κ2) is 5.47. The summed E-state index contributed by atoms with van der Waals surface area (Å²) in [5.41, 5.74) is 0.624. The fourth-order valence-electron chi connectivity index (χ4n) is 2.21. The van der Waals surface area contributed by atoms with Crippen molar-refractivity contribution >= 4 is 0 Å². The molecule has 1 heterocycles. The summed E-state index contributed by atoms with van der Waals surface area (Å²) in [6, 6.07) is 4.76. The van der Waals surface area contributed by atoms with Gasteiger partial charge in [0.25, 0.3) is 0 Å². The first-order valence-corrected chi connectivity index (χ1v) is 5.92. The van der Waals surface area contributed by atoms with E-state index in [1.54, 1.807) is 19.2 Å². The lowest BCUT2D eigenvalue weighted by atomic mass is 10.1. The van der Waals surface area contributed by atoms with Crippen LogP contribution in [0, 0.1) is 5.82 Å². The summed E-state index contributed by atoms with van der Waals surface area (Å²) in [6.45, 7) is 2.06. The molecule has 4 heteroatoms. The van der Waals surface area contributed by atoms with Crippen LogP contribution in [0.1, 0.15) is 18.4 Å². The van der Waals surface area contributed by atoms with Crippen LogP contribution in [0.4, 0.5) is 4.39 Å². The van der Waals surface area contributed by atoms with Crippen LogP contribution in [0.3, 0.4) is 0 Å². The Balaban J connectivity index is 2.06. The molecule has 1 fully saturated rings. The Hall–Kier alpha value is -1.13. The van der Waals surface area contributed by atoms with Crippen molar-refractivity contribution in [1.29, 1.82) is 0 Å². The molecule has 0 saturated carbocycles. The number of halogens is 1. The zero-order valence-electron chi connectivity index (χ0n) is 10.0. The summed E-state index contributed by atoms with van der Waals surface area (Å²) in [6.07, 6.45) is 1.53. The van der Waals surface area contributed by atoms with E-state index in [1.807, 2.05) is 0 Å². The molecule has 0 aromatic heterocycles. The van der Waals surface area contributed by atoms with Gasteiger partial charge in [0.15, 0.2) is 0 Å². The number of piperidine rings is 1. The predicted octanol–water partition coefficient (Wildman–Crippen LogP) is 1.79. The minimum absolute atomic E-state index is 0.217. The molecule has 17 heavy (non-hydrogen) atoms. The van der Waals surface area contributed by atoms with Crippen LogP contribution in [0.15, 0.2) is 18.2 Å². The summed E-state index contributed by atoms with van der Waals surface area (Å²) < 4.78 is 18.7. The number of nitrogens with zero attached hydrogens (tertiary/aromatic N) is 1. The molecule has 1 aliphatic heterocycles. The summed E-state index contributed by atoms with van der Waals surface area (Å²) >= 11 is 0. The number of methoxy groups -OCH3 is 1. The average molecular weight is 239 g/mol. The summed E-state index contributed by atoms with van der Waals surface area (Å²) in [4.78, 5) is 2.08. The number of aliphatic hydroxyl groups excluding tert-OH is 1. The van der Waals surface area contributed by atoms with Crippen molar-refractivity contribution in [2.75, 3.05) is 20.2 Å². The molecule has 3 nitrogen and oxygen atoms in total. The molecule has 0 amide bonds. The molecule has 0 bridgehead atoms. The van der Waals surface area contributed by atoms with Crippen LogP contribution < -0.4 is 4.74 Å². The van der Waals surface area contributed by atoms with E-state index in [2.05, 4.69) is 4.90 Å². The Morgan fingerprint density at radius 1 is 1.53 bits per heavy atom. The summed E-state index contributed by atoms with van der Waals surface area (Å²) in [5.74, 6) is 0.449. The van der Waals surface area contributed by atoms with E-state index in [4.69, 9.17) is 4.74 Å².